The molecule has 0 aliphatic rings. The van der Waals surface area contributed by atoms with E-state index in [9.17, 15) is 4.79 Å². The van der Waals surface area contributed by atoms with Crippen LogP contribution in [0.25, 0.3) is 17.2 Å². The minimum Gasteiger partial charge on any atom is -0.453 e. The van der Waals surface area contributed by atoms with E-state index in [1.54, 1.807) is 0 Å². The van der Waals surface area contributed by atoms with Gasteiger partial charge in [-0.25, -0.2) is 0 Å². The summed E-state index contributed by atoms with van der Waals surface area (Å²) in [5, 5.41) is 2.70. The molecule has 0 saturated heterocycles. The summed E-state index contributed by atoms with van der Waals surface area (Å²) < 4.78 is 6.22. The molecule has 0 radical (unpaired) electrons. The first kappa shape index (κ1) is 24.6. The highest BCUT2D eigenvalue weighted by molar-refractivity contribution is 7.28. The lowest BCUT2D eigenvalue weighted by Crippen LogP contribution is -2.27. The van der Waals surface area contributed by atoms with Crippen LogP contribution in [0.2, 0.25) is 5.02 Å². The van der Waals surface area contributed by atoms with Crippen LogP contribution < -0.4 is 15.9 Å². The first-order valence-electron chi connectivity index (χ1n) is 10.6. The summed E-state index contributed by atoms with van der Waals surface area (Å²) >= 11 is 6.19. The number of halogens is 1. The van der Waals surface area contributed by atoms with E-state index in [1.807, 2.05) is 32.0 Å². The van der Waals surface area contributed by atoms with Gasteiger partial charge in [0, 0.05) is 21.7 Å². The van der Waals surface area contributed by atoms with Gasteiger partial charge in [0.1, 0.15) is 5.42 Å². The normalized spacial score (nSPS) is 14.5. The second-order valence-corrected chi connectivity index (χ2v) is 10.2. The molecule has 4 heteroatoms. The average molecular weight is 445 g/mol. The number of carbonyl (C=O) groups is 1. The summed E-state index contributed by atoms with van der Waals surface area (Å²) in [6, 6.07) is 7.92. The van der Waals surface area contributed by atoms with Crippen molar-refractivity contribution in [3.8, 4) is 0 Å². The molecule has 0 amide bonds. The van der Waals surface area contributed by atoms with Gasteiger partial charge in [0.15, 0.2) is 5.76 Å². The van der Waals surface area contributed by atoms with E-state index in [0.29, 0.717) is 5.76 Å². The molecule has 0 saturated carbocycles. The van der Waals surface area contributed by atoms with Crippen LogP contribution in [0.3, 0.4) is 0 Å². The molecule has 0 bridgehead atoms. The van der Waals surface area contributed by atoms with Crippen molar-refractivity contribution < 1.29 is 9.21 Å². The zero-order chi connectivity index (χ0) is 22.6. The monoisotopic (exact) mass is 444 g/mol. The van der Waals surface area contributed by atoms with Crippen LogP contribution in [0.5, 0.6) is 0 Å². The van der Waals surface area contributed by atoms with Crippen molar-refractivity contribution >= 4 is 49.2 Å². The van der Waals surface area contributed by atoms with Gasteiger partial charge in [0.05, 0.1) is 0 Å². The number of hydrogen-bond donors (Lipinski definition) is 0. The third-order valence-corrected chi connectivity index (χ3v) is 6.05. The fourth-order valence-electron chi connectivity index (χ4n) is 3.18. The van der Waals surface area contributed by atoms with Gasteiger partial charge in [-0.3, -0.25) is 4.79 Å². The molecular formula is C26H34ClO2P. The predicted octanol–water partition coefficient (Wildman–Crippen LogP) is 6.15. The molecule has 1 atom stereocenters. The fourth-order valence-corrected chi connectivity index (χ4v) is 3.58. The summed E-state index contributed by atoms with van der Waals surface area (Å²) in [6.45, 7) is 14.6. The van der Waals surface area contributed by atoms with Gasteiger partial charge in [0.25, 0.3) is 0 Å². The van der Waals surface area contributed by atoms with Gasteiger partial charge in [-0.2, -0.15) is 0 Å². The summed E-state index contributed by atoms with van der Waals surface area (Å²) in [4.78, 5) is 12.6. The number of benzene rings is 1. The number of ketones is 1. The molecule has 2 aromatic rings. The van der Waals surface area contributed by atoms with Crippen LogP contribution >= 0.6 is 20.8 Å². The standard InChI is InChI=1S/C26H34ClO2P/c1-8-9-10-19-14-22(24(28)16(2)3)29-25(19)20(26(5,6)7)13-17(4)18-11-12-21(27)23(30)15-18/h10-16H,8-9,30H2,1-7H3/b17-13+,19-10+,25-20-. The number of hydrogen-bond acceptors (Lipinski definition) is 2. The largest absolute Gasteiger partial charge is 0.453 e. The summed E-state index contributed by atoms with van der Waals surface area (Å²) in [7, 11) is 2.68. The Labute approximate surface area is 188 Å². The second kappa shape index (κ2) is 10.1. The quantitative estimate of drug-likeness (QED) is 0.395. The maximum Gasteiger partial charge on any atom is 0.200 e. The van der Waals surface area contributed by atoms with Crippen LogP contribution in [0.15, 0.2) is 34.8 Å². The van der Waals surface area contributed by atoms with Gasteiger partial charge in [-0.1, -0.05) is 77.8 Å². The highest BCUT2D eigenvalue weighted by Crippen LogP contribution is 2.30. The van der Waals surface area contributed by atoms with E-state index in [1.165, 1.54) is 0 Å². The van der Waals surface area contributed by atoms with Crippen molar-refractivity contribution in [1.82, 2.24) is 0 Å². The molecule has 162 valence electrons. The molecule has 2 rings (SSSR count). The van der Waals surface area contributed by atoms with Crippen LogP contribution in [0.4, 0.5) is 0 Å². The molecule has 0 aliphatic heterocycles. The van der Waals surface area contributed by atoms with E-state index >= 15 is 0 Å². The number of Topliss-reactive ketones (excluding diaryl/α,β-unsaturated/α-hetero) is 1. The molecule has 1 aromatic heterocycles. The number of allylic oxidation sites excluding steroid dienone is 2. The molecular weight excluding hydrogens is 411 g/mol. The third kappa shape index (κ3) is 5.96. The zero-order valence-electron chi connectivity index (χ0n) is 19.2. The van der Waals surface area contributed by atoms with Crippen molar-refractivity contribution in [2.24, 2.45) is 11.3 Å². The Morgan fingerprint density at radius 3 is 2.43 bits per heavy atom. The third-order valence-electron chi connectivity index (χ3n) is 5.05. The van der Waals surface area contributed by atoms with Crippen molar-refractivity contribution in [3.63, 3.8) is 0 Å². The van der Waals surface area contributed by atoms with Gasteiger partial charge < -0.3 is 4.42 Å². The molecule has 1 heterocycles. The maximum atomic E-state index is 12.6. The Bertz CT molecular complexity index is 1070. The molecule has 1 unspecified atom stereocenters. The first-order valence-corrected chi connectivity index (χ1v) is 11.5. The van der Waals surface area contributed by atoms with E-state index in [2.05, 4.69) is 62.1 Å². The van der Waals surface area contributed by atoms with E-state index in [-0.39, 0.29) is 17.1 Å². The minimum absolute atomic E-state index is 0.0340. The molecule has 0 aliphatic carbocycles. The highest BCUT2D eigenvalue weighted by Gasteiger charge is 2.21. The lowest BCUT2D eigenvalue weighted by molar-refractivity contribution is 0.0909. The highest BCUT2D eigenvalue weighted by atomic mass is 35.5. The molecule has 2 nitrogen and oxygen atoms in total. The smallest absolute Gasteiger partial charge is 0.200 e. The Balaban J connectivity index is 2.82. The lowest BCUT2D eigenvalue weighted by Gasteiger charge is -2.20. The maximum absolute atomic E-state index is 12.6. The Morgan fingerprint density at radius 1 is 1.23 bits per heavy atom. The number of carbonyl (C=O) groups excluding carboxylic acids is 1. The number of furan rings is 1. The topological polar surface area (TPSA) is 30.2 Å². The summed E-state index contributed by atoms with van der Waals surface area (Å²) in [6.07, 6.45) is 6.34. The van der Waals surface area contributed by atoms with Crippen LogP contribution in [0.1, 0.15) is 77.4 Å². The van der Waals surface area contributed by atoms with Crippen molar-refractivity contribution in [3.05, 3.63) is 57.3 Å². The Morgan fingerprint density at radius 2 is 1.90 bits per heavy atom. The van der Waals surface area contributed by atoms with E-state index < -0.39 is 0 Å². The van der Waals surface area contributed by atoms with Crippen molar-refractivity contribution in [1.29, 1.82) is 0 Å². The van der Waals surface area contributed by atoms with Gasteiger partial charge in [-0.15, -0.1) is 9.24 Å². The lowest BCUT2D eigenvalue weighted by atomic mass is 9.84. The average Bonchev–Trinajstić information content (AvgIpc) is 3.08. The molecule has 1 aromatic carbocycles. The molecule has 0 N–H and O–H groups in total. The second-order valence-electron chi connectivity index (χ2n) is 9.13. The number of unbranched alkanes of at least 4 members (excludes halogenated alkanes) is 1. The van der Waals surface area contributed by atoms with Gasteiger partial charge >= 0.3 is 0 Å². The number of rotatable bonds is 6. The van der Waals surface area contributed by atoms with E-state index in [4.69, 9.17) is 16.0 Å². The van der Waals surface area contributed by atoms with Crippen LogP contribution in [-0.4, -0.2) is 5.78 Å². The van der Waals surface area contributed by atoms with E-state index in [0.717, 1.165) is 50.5 Å². The first-order chi connectivity index (χ1) is 14.0. The zero-order valence-corrected chi connectivity index (χ0v) is 21.1. The van der Waals surface area contributed by atoms with Crippen LogP contribution in [-0.2, 0) is 0 Å². The summed E-state index contributed by atoms with van der Waals surface area (Å²) in [5.41, 5.74) is 3.93. The van der Waals surface area contributed by atoms with Gasteiger partial charge in [-0.05, 0) is 53.4 Å². The molecule has 0 spiro atoms. The van der Waals surface area contributed by atoms with Crippen LogP contribution in [0, 0.1) is 11.3 Å². The summed E-state index contributed by atoms with van der Waals surface area (Å²) in [5.74, 6) is 0.369. The molecule has 0 fully saturated rings. The fraction of sp³-hybridized carbons (Fsp3) is 0.423. The predicted molar refractivity (Wildman–Crippen MR) is 134 cm³/mol. The van der Waals surface area contributed by atoms with Gasteiger partial charge in [0.2, 0.25) is 5.78 Å². The van der Waals surface area contributed by atoms with Crippen molar-refractivity contribution in [2.45, 2.75) is 61.3 Å². The SMILES string of the molecule is CCC\C=c1/cc(C(=O)C(C)C)o/c1=C(/C=C(\C)c1ccc(Cl)c(P)c1)C(C)(C)C. The Kier molecular flexibility index (Phi) is 8.31. The molecule has 30 heavy (non-hydrogen) atoms. The minimum atomic E-state index is -0.164. The van der Waals surface area contributed by atoms with Crippen molar-refractivity contribution in [2.75, 3.05) is 0 Å². The Hall–Kier alpha value is -1.63.